The summed E-state index contributed by atoms with van der Waals surface area (Å²) in [7, 11) is 0. The number of carbonyl (C=O) groups is 1. The van der Waals surface area contributed by atoms with E-state index in [1.54, 1.807) is 24.3 Å². The molecular weight excluding hydrogens is 399 g/mol. The number of fused-ring (bicyclic) bond motifs is 1. The van der Waals surface area contributed by atoms with Crippen LogP contribution < -0.4 is 5.32 Å². The summed E-state index contributed by atoms with van der Waals surface area (Å²) in [5, 5.41) is 16.8. The van der Waals surface area contributed by atoms with E-state index in [2.05, 4.69) is 30.8 Å². The molecule has 1 fully saturated rings. The zero-order chi connectivity index (χ0) is 20.9. The predicted molar refractivity (Wildman–Crippen MR) is 100 cm³/mol. The number of rotatable bonds is 4. The molecule has 11 heteroatoms. The van der Waals surface area contributed by atoms with Crippen molar-refractivity contribution in [2.24, 2.45) is 0 Å². The molecular formula is C19H14F3N7O. The van der Waals surface area contributed by atoms with Gasteiger partial charge in [-0.1, -0.05) is 0 Å². The van der Waals surface area contributed by atoms with E-state index >= 15 is 0 Å². The molecule has 0 aliphatic heterocycles. The molecule has 0 atom stereocenters. The van der Waals surface area contributed by atoms with Gasteiger partial charge in [0.25, 0.3) is 5.91 Å². The van der Waals surface area contributed by atoms with Crippen molar-refractivity contribution in [3.05, 3.63) is 59.5 Å². The minimum atomic E-state index is -4.52. The fraction of sp³-hybridized carbons (Fsp3) is 0.211. The Morgan fingerprint density at radius 3 is 2.60 bits per heavy atom. The summed E-state index contributed by atoms with van der Waals surface area (Å²) >= 11 is 0. The van der Waals surface area contributed by atoms with E-state index in [1.165, 1.54) is 16.9 Å². The van der Waals surface area contributed by atoms with E-state index in [0.29, 0.717) is 28.0 Å². The fourth-order valence-electron chi connectivity index (χ4n) is 3.16. The van der Waals surface area contributed by atoms with Crippen LogP contribution in [0.2, 0.25) is 0 Å². The van der Waals surface area contributed by atoms with E-state index in [4.69, 9.17) is 0 Å². The zero-order valence-corrected chi connectivity index (χ0v) is 15.3. The molecule has 1 aliphatic carbocycles. The molecule has 1 aromatic carbocycles. The van der Waals surface area contributed by atoms with Gasteiger partial charge in [0.2, 0.25) is 0 Å². The third-order valence-electron chi connectivity index (χ3n) is 4.82. The van der Waals surface area contributed by atoms with Crippen molar-refractivity contribution >= 4 is 22.6 Å². The van der Waals surface area contributed by atoms with Gasteiger partial charge in [-0.25, -0.2) is 9.67 Å². The third-order valence-corrected chi connectivity index (χ3v) is 4.82. The normalized spacial score (nSPS) is 14.2. The molecule has 1 amide bonds. The summed E-state index contributed by atoms with van der Waals surface area (Å²) in [6.45, 7) is 0. The van der Waals surface area contributed by atoms with Crippen LogP contribution in [0.5, 0.6) is 0 Å². The number of hydrogen-bond acceptors (Lipinski definition) is 5. The van der Waals surface area contributed by atoms with Crippen LogP contribution in [0.4, 0.5) is 18.9 Å². The number of halogens is 3. The highest BCUT2D eigenvalue weighted by atomic mass is 19.4. The fourth-order valence-corrected chi connectivity index (χ4v) is 3.16. The van der Waals surface area contributed by atoms with Gasteiger partial charge in [-0.3, -0.25) is 4.79 Å². The second-order valence-corrected chi connectivity index (χ2v) is 7.02. The molecule has 3 aromatic heterocycles. The van der Waals surface area contributed by atoms with Crippen LogP contribution in [-0.4, -0.2) is 36.1 Å². The van der Waals surface area contributed by atoms with Crippen molar-refractivity contribution < 1.29 is 18.0 Å². The second kappa shape index (κ2) is 6.65. The van der Waals surface area contributed by atoms with E-state index in [-0.39, 0.29) is 17.6 Å². The Kier molecular flexibility index (Phi) is 4.05. The third kappa shape index (κ3) is 3.38. The van der Waals surface area contributed by atoms with E-state index < -0.39 is 11.9 Å². The number of alkyl halides is 3. The Morgan fingerprint density at radius 2 is 1.90 bits per heavy atom. The number of aromatic amines is 1. The van der Waals surface area contributed by atoms with Crippen LogP contribution >= 0.6 is 0 Å². The highest BCUT2D eigenvalue weighted by Crippen LogP contribution is 2.42. The molecule has 1 saturated carbocycles. The highest BCUT2D eigenvalue weighted by molar-refractivity contribution is 6.05. The summed E-state index contributed by atoms with van der Waals surface area (Å²) in [6.07, 6.45) is -1.48. The highest BCUT2D eigenvalue weighted by Gasteiger charge is 2.38. The first-order valence-corrected chi connectivity index (χ1v) is 9.14. The molecule has 30 heavy (non-hydrogen) atoms. The van der Waals surface area contributed by atoms with Crippen molar-refractivity contribution in [3.8, 4) is 5.82 Å². The van der Waals surface area contributed by atoms with E-state index in [9.17, 15) is 18.0 Å². The molecule has 2 N–H and O–H groups in total. The maximum Gasteiger partial charge on any atom is 0.435 e. The monoisotopic (exact) mass is 413 g/mol. The van der Waals surface area contributed by atoms with Crippen LogP contribution in [0.15, 0.2) is 42.6 Å². The summed E-state index contributed by atoms with van der Waals surface area (Å²) in [5.74, 6) is -0.0535. The molecule has 0 unspecified atom stereocenters. The van der Waals surface area contributed by atoms with Crippen molar-refractivity contribution in [1.29, 1.82) is 0 Å². The molecule has 0 bridgehead atoms. The van der Waals surface area contributed by atoms with Gasteiger partial charge in [-0.05, 0) is 49.2 Å². The van der Waals surface area contributed by atoms with Crippen LogP contribution in [0.1, 0.15) is 40.5 Å². The Balaban J connectivity index is 1.38. The summed E-state index contributed by atoms with van der Waals surface area (Å²) < 4.78 is 40.4. The summed E-state index contributed by atoms with van der Waals surface area (Å²) in [4.78, 5) is 16.7. The minimum absolute atomic E-state index is 0.0567. The Bertz CT molecular complexity index is 1240. The van der Waals surface area contributed by atoms with Crippen LogP contribution in [0.25, 0.3) is 16.9 Å². The quantitative estimate of drug-likeness (QED) is 0.531. The number of nitrogens with zero attached hydrogens (tertiary/aromatic N) is 5. The topological polar surface area (TPSA) is 101 Å². The number of amides is 1. The first-order valence-electron chi connectivity index (χ1n) is 9.14. The first kappa shape index (κ1) is 18.3. The van der Waals surface area contributed by atoms with Crippen molar-refractivity contribution in [2.45, 2.75) is 24.9 Å². The van der Waals surface area contributed by atoms with Gasteiger partial charge in [0.05, 0.1) is 11.9 Å². The lowest BCUT2D eigenvalue weighted by Gasteiger charge is -2.08. The Hall–Kier alpha value is -3.76. The van der Waals surface area contributed by atoms with Gasteiger partial charge in [0, 0.05) is 17.2 Å². The zero-order valence-electron chi connectivity index (χ0n) is 15.3. The first-order chi connectivity index (χ1) is 14.4. The maximum atomic E-state index is 13.1. The number of nitrogens with one attached hydrogen (secondary N) is 2. The second-order valence-electron chi connectivity index (χ2n) is 7.02. The summed E-state index contributed by atoms with van der Waals surface area (Å²) in [6, 6.07) is 9.06. The average Bonchev–Trinajstić information content (AvgIpc) is 3.27. The van der Waals surface area contributed by atoms with E-state index in [1.807, 2.05) is 0 Å². The van der Waals surface area contributed by atoms with Crippen LogP contribution in [0, 0.1) is 0 Å². The van der Waals surface area contributed by atoms with Gasteiger partial charge in [-0.2, -0.15) is 33.7 Å². The molecule has 5 rings (SSSR count). The molecule has 1 aliphatic rings. The molecule has 152 valence electrons. The number of aromatic nitrogens is 6. The number of hydrogen-bond donors (Lipinski definition) is 2. The van der Waals surface area contributed by atoms with Crippen LogP contribution in [0.3, 0.4) is 0 Å². The van der Waals surface area contributed by atoms with E-state index in [0.717, 1.165) is 18.9 Å². The lowest BCUT2D eigenvalue weighted by atomic mass is 10.2. The summed E-state index contributed by atoms with van der Waals surface area (Å²) in [5.41, 5.74) is 1.54. The molecule has 0 spiro atoms. The molecule has 8 nitrogen and oxygen atoms in total. The number of anilines is 1. The standard InChI is InChI=1S/C19H14F3N7O/c20-19(21,22)16-8-15(10-1-2-10)29(27-16)17-6-4-12(9-23-17)24-18(30)11-3-5-13-14(7-11)26-28-25-13/h3-10H,1-2H2,(H,24,30)(H,25,26,28). The molecule has 0 radical (unpaired) electrons. The Morgan fingerprint density at radius 1 is 1.10 bits per heavy atom. The van der Waals surface area contributed by atoms with Crippen LogP contribution in [-0.2, 0) is 6.18 Å². The SMILES string of the molecule is O=C(Nc1ccc(-n2nc(C(F)(F)F)cc2C2CC2)nc1)c1ccc2n[nH]nc2c1. The van der Waals surface area contributed by atoms with Gasteiger partial charge in [0.1, 0.15) is 11.0 Å². The number of H-pyrrole nitrogens is 1. The molecule has 3 heterocycles. The lowest BCUT2D eigenvalue weighted by Crippen LogP contribution is -2.12. The number of benzene rings is 1. The minimum Gasteiger partial charge on any atom is -0.321 e. The smallest absolute Gasteiger partial charge is 0.321 e. The van der Waals surface area contributed by atoms with Gasteiger partial charge in [-0.15, -0.1) is 0 Å². The molecule has 4 aromatic rings. The number of pyridine rings is 1. The average molecular weight is 413 g/mol. The van der Waals surface area contributed by atoms with Crippen molar-refractivity contribution in [2.75, 3.05) is 5.32 Å². The molecule has 0 saturated heterocycles. The lowest BCUT2D eigenvalue weighted by molar-refractivity contribution is -0.141. The Labute approximate surface area is 167 Å². The largest absolute Gasteiger partial charge is 0.435 e. The van der Waals surface area contributed by atoms with Crippen molar-refractivity contribution in [1.82, 2.24) is 30.2 Å². The van der Waals surface area contributed by atoms with Gasteiger partial charge < -0.3 is 5.32 Å². The van der Waals surface area contributed by atoms with Gasteiger partial charge >= 0.3 is 6.18 Å². The predicted octanol–water partition coefficient (Wildman–Crippen LogP) is 3.69. The number of carbonyl (C=O) groups excluding carboxylic acids is 1. The van der Waals surface area contributed by atoms with Gasteiger partial charge in [0.15, 0.2) is 11.5 Å². The van der Waals surface area contributed by atoms with Crippen molar-refractivity contribution in [3.63, 3.8) is 0 Å². The maximum absolute atomic E-state index is 13.1.